The summed E-state index contributed by atoms with van der Waals surface area (Å²) < 4.78 is 5.79. The van der Waals surface area contributed by atoms with Crippen molar-refractivity contribution in [1.29, 1.82) is 0 Å². The van der Waals surface area contributed by atoms with Gasteiger partial charge in [-0.15, -0.1) is 0 Å². The minimum Gasteiger partial charge on any atom is -0.436 e. The highest BCUT2D eigenvalue weighted by atomic mass is 35.5. The van der Waals surface area contributed by atoms with Crippen LogP contribution < -0.4 is 20.9 Å². The van der Waals surface area contributed by atoms with E-state index in [2.05, 4.69) is 16.0 Å². The van der Waals surface area contributed by atoms with E-state index in [1.54, 1.807) is 52.3 Å². The predicted octanol–water partition coefficient (Wildman–Crippen LogP) is 3.90. The van der Waals surface area contributed by atoms with E-state index >= 15 is 0 Å². The fourth-order valence-corrected chi connectivity index (χ4v) is 5.86. The first kappa shape index (κ1) is 26.6. The van der Waals surface area contributed by atoms with Gasteiger partial charge in [-0.05, 0) is 42.0 Å². The lowest BCUT2D eigenvalue weighted by Gasteiger charge is -2.35. The molecule has 41 heavy (non-hydrogen) atoms. The van der Waals surface area contributed by atoms with Crippen LogP contribution in [-0.2, 0) is 21.6 Å². The number of hydrogen-bond donors (Lipinski definition) is 3. The Morgan fingerprint density at radius 2 is 1.85 bits per heavy atom. The van der Waals surface area contributed by atoms with Gasteiger partial charge in [0.1, 0.15) is 6.04 Å². The molecule has 0 aromatic heterocycles. The van der Waals surface area contributed by atoms with Gasteiger partial charge in [-0.1, -0.05) is 48.0 Å². The second-order valence-corrected chi connectivity index (χ2v) is 10.8. The molecule has 5 amide bonds. The smallest absolute Gasteiger partial charge is 0.412 e. The van der Waals surface area contributed by atoms with Gasteiger partial charge in [0.2, 0.25) is 5.91 Å². The standard InChI is InChI=1S/C30H28ClN5O5/c31-21-9-10-24-23(17-21)30(41-29(40)34-24)11-13-35(18-30)27(38)25(15-19-5-2-1-3-6-19)33-26(37)20-7-4-8-22(16-20)36-14-12-32-28(36)39/h1-10,16-17,25H,11-15,18H2,(H,32,39)(H,33,37)(H,34,40)/t25-,30?/m0/s1. The Morgan fingerprint density at radius 3 is 2.63 bits per heavy atom. The van der Waals surface area contributed by atoms with Crippen LogP contribution in [0.5, 0.6) is 0 Å². The lowest BCUT2D eigenvalue weighted by atomic mass is 9.90. The Hall–Kier alpha value is -4.57. The van der Waals surface area contributed by atoms with Crippen LogP contribution in [-0.4, -0.2) is 61.1 Å². The van der Waals surface area contributed by atoms with Gasteiger partial charge in [-0.25, -0.2) is 9.59 Å². The second-order valence-electron chi connectivity index (χ2n) is 10.4. The molecule has 10 nitrogen and oxygen atoms in total. The van der Waals surface area contributed by atoms with Crippen LogP contribution in [0.2, 0.25) is 5.02 Å². The van der Waals surface area contributed by atoms with Crippen LogP contribution in [0.4, 0.5) is 21.0 Å². The minimum absolute atomic E-state index is 0.132. The molecule has 2 atom stereocenters. The second kappa shape index (κ2) is 10.8. The number of rotatable bonds is 6. The van der Waals surface area contributed by atoms with E-state index in [1.807, 2.05) is 30.3 Å². The van der Waals surface area contributed by atoms with Crippen molar-refractivity contribution in [3.63, 3.8) is 0 Å². The third-order valence-corrected chi connectivity index (χ3v) is 7.94. The molecule has 0 aliphatic carbocycles. The number of amides is 5. The van der Waals surface area contributed by atoms with Crippen LogP contribution >= 0.6 is 11.6 Å². The largest absolute Gasteiger partial charge is 0.436 e. The first-order valence-electron chi connectivity index (χ1n) is 13.4. The fourth-order valence-electron chi connectivity index (χ4n) is 5.69. The Bertz CT molecular complexity index is 1530. The van der Waals surface area contributed by atoms with Gasteiger partial charge >= 0.3 is 12.1 Å². The van der Waals surface area contributed by atoms with Crippen molar-refractivity contribution >= 4 is 46.9 Å². The normalized spacial score (nSPS) is 20.2. The number of urea groups is 1. The maximum Gasteiger partial charge on any atom is 0.412 e. The summed E-state index contributed by atoms with van der Waals surface area (Å²) in [4.78, 5) is 55.2. The predicted molar refractivity (Wildman–Crippen MR) is 153 cm³/mol. The molecule has 0 bridgehead atoms. The number of carbonyl (C=O) groups is 4. The van der Waals surface area contributed by atoms with Crippen molar-refractivity contribution in [1.82, 2.24) is 15.5 Å². The summed E-state index contributed by atoms with van der Waals surface area (Å²) in [5.74, 6) is -0.715. The van der Waals surface area contributed by atoms with Crippen molar-refractivity contribution in [2.24, 2.45) is 0 Å². The van der Waals surface area contributed by atoms with Crippen LogP contribution in [0.25, 0.3) is 0 Å². The summed E-state index contributed by atoms with van der Waals surface area (Å²) in [6.07, 6.45) is 0.0769. The van der Waals surface area contributed by atoms with E-state index in [4.69, 9.17) is 16.3 Å². The molecule has 3 aliphatic heterocycles. The average Bonchev–Trinajstić information content (AvgIpc) is 3.60. The quantitative estimate of drug-likeness (QED) is 0.413. The first-order valence-corrected chi connectivity index (χ1v) is 13.8. The van der Waals surface area contributed by atoms with Crippen molar-refractivity contribution in [2.45, 2.75) is 24.5 Å². The van der Waals surface area contributed by atoms with Gasteiger partial charge in [0, 0.05) is 54.3 Å². The van der Waals surface area contributed by atoms with E-state index < -0.39 is 23.6 Å². The van der Waals surface area contributed by atoms with E-state index in [1.165, 1.54) is 0 Å². The maximum absolute atomic E-state index is 14.0. The number of ether oxygens (including phenoxy) is 1. The molecule has 3 N–H and O–H groups in total. The van der Waals surface area contributed by atoms with E-state index in [0.717, 1.165) is 5.56 Å². The summed E-state index contributed by atoms with van der Waals surface area (Å²) in [6.45, 7) is 1.50. The Balaban J connectivity index is 1.25. The van der Waals surface area contributed by atoms with Gasteiger partial charge in [0.25, 0.3) is 5.91 Å². The van der Waals surface area contributed by atoms with Crippen LogP contribution in [0.1, 0.15) is 27.9 Å². The van der Waals surface area contributed by atoms with Gasteiger partial charge in [0.15, 0.2) is 5.60 Å². The molecular formula is C30H28ClN5O5. The number of carbonyl (C=O) groups excluding carboxylic acids is 4. The van der Waals surface area contributed by atoms with Crippen molar-refractivity contribution in [3.05, 3.63) is 94.5 Å². The van der Waals surface area contributed by atoms with Gasteiger partial charge in [-0.2, -0.15) is 0 Å². The highest BCUT2D eigenvalue weighted by Gasteiger charge is 2.49. The molecule has 1 unspecified atom stereocenters. The lowest BCUT2D eigenvalue weighted by Crippen LogP contribution is -2.50. The molecule has 3 aromatic carbocycles. The zero-order valence-corrected chi connectivity index (χ0v) is 22.8. The van der Waals surface area contributed by atoms with E-state index in [-0.39, 0.29) is 24.9 Å². The third-order valence-electron chi connectivity index (χ3n) is 7.70. The van der Waals surface area contributed by atoms with E-state index in [0.29, 0.717) is 53.6 Å². The molecule has 6 rings (SSSR count). The van der Waals surface area contributed by atoms with Gasteiger partial charge in [0.05, 0.1) is 12.2 Å². The molecule has 3 aromatic rings. The third kappa shape index (κ3) is 5.30. The molecule has 2 saturated heterocycles. The Morgan fingerprint density at radius 1 is 1.02 bits per heavy atom. The highest BCUT2D eigenvalue weighted by molar-refractivity contribution is 6.30. The zero-order chi connectivity index (χ0) is 28.6. The van der Waals surface area contributed by atoms with Gasteiger partial charge < -0.3 is 20.3 Å². The summed E-state index contributed by atoms with van der Waals surface area (Å²) in [7, 11) is 0. The molecule has 210 valence electrons. The number of halogens is 1. The molecule has 0 radical (unpaired) electrons. The molecule has 1 spiro atoms. The SMILES string of the molecule is O=C1Nc2ccc(Cl)cc2C2(CCN(C(=O)[C@H](Cc3ccccc3)NC(=O)c3cccc(N4CCNC4=O)c3)C2)O1. The minimum atomic E-state index is -1.04. The highest BCUT2D eigenvalue weighted by Crippen LogP contribution is 2.44. The summed E-state index contributed by atoms with van der Waals surface area (Å²) in [6, 6.07) is 20.3. The molecular weight excluding hydrogens is 546 g/mol. The molecule has 2 fully saturated rings. The number of likely N-dealkylation sites (tertiary alicyclic amines) is 1. The number of anilines is 2. The van der Waals surface area contributed by atoms with E-state index in [9.17, 15) is 19.2 Å². The van der Waals surface area contributed by atoms with Crippen molar-refractivity contribution in [3.8, 4) is 0 Å². The van der Waals surface area contributed by atoms with Crippen molar-refractivity contribution in [2.75, 3.05) is 36.4 Å². The van der Waals surface area contributed by atoms with Gasteiger partial charge in [-0.3, -0.25) is 19.8 Å². The van der Waals surface area contributed by atoms with Crippen molar-refractivity contribution < 1.29 is 23.9 Å². The number of nitrogens with zero attached hydrogens (tertiary/aromatic N) is 2. The summed E-state index contributed by atoms with van der Waals surface area (Å²) in [5, 5.41) is 8.87. The van der Waals surface area contributed by atoms with Crippen LogP contribution in [0.15, 0.2) is 72.8 Å². The number of nitrogens with one attached hydrogen (secondary N) is 3. The number of fused-ring (bicyclic) bond motifs is 2. The number of hydrogen-bond acceptors (Lipinski definition) is 5. The Labute approximate surface area is 241 Å². The summed E-state index contributed by atoms with van der Waals surface area (Å²) >= 11 is 6.27. The first-order chi connectivity index (χ1) is 19.8. The molecule has 3 aliphatic rings. The fraction of sp³-hybridized carbons (Fsp3) is 0.267. The zero-order valence-electron chi connectivity index (χ0n) is 22.1. The monoisotopic (exact) mass is 573 g/mol. The lowest BCUT2D eigenvalue weighted by molar-refractivity contribution is -0.133. The molecule has 11 heteroatoms. The number of benzene rings is 3. The topological polar surface area (TPSA) is 120 Å². The van der Waals surface area contributed by atoms with Crippen LogP contribution in [0, 0.1) is 0 Å². The average molecular weight is 574 g/mol. The van der Waals surface area contributed by atoms with Crippen LogP contribution in [0.3, 0.4) is 0 Å². The summed E-state index contributed by atoms with van der Waals surface area (Å²) in [5.41, 5.74) is 2.09. The maximum atomic E-state index is 14.0. The molecule has 0 saturated carbocycles. The molecule has 3 heterocycles. The Kier molecular flexibility index (Phi) is 7.00.